The van der Waals surface area contributed by atoms with E-state index in [2.05, 4.69) is 49.3 Å². The van der Waals surface area contributed by atoms with Crippen LogP contribution in [-0.4, -0.2) is 30.4 Å². The molecule has 2 aromatic rings. The molecule has 0 radical (unpaired) electrons. The van der Waals surface area contributed by atoms with E-state index < -0.39 is 0 Å². The fourth-order valence-electron chi connectivity index (χ4n) is 2.39. The van der Waals surface area contributed by atoms with Crippen LogP contribution in [0.15, 0.2) is 44.4 Å². The molecule has 0 bridgehead atoms. The van der Waals surface area contributed by atoms with E-state index in [1.807, 2.05) is 25.1 Å². The Morgan fingerprint density at radius 2 is 1.93 bits per heavy atom. The zero-order chi connectivity index (χ0) is 20.5. The van der Waals surface area contributed by atoms with Crippen LogP contribution < -0.4 is 14.9 Å². The topological polar surface area (TPSA) is 80.2 Å². The first kappa shape index (κ1) is 22.2. The lowest BCUT2D eigenvalue weighted by atomic mass is 10.1. The molecule has 150 valence electrons. The Kier molecular flexibility index (Phi) is 8.79. The highest BCUT2D eigenvalue weighted by molar-refractivity contribution is 9.10. The van der Waals surface area contributed by atoms with Gasteiger partial charge in [0.2, 0.25) is 0 Å². The van der Waals surface area contributed by atoms with Crippen LogP contribution in [-0.2, 0) is 11.2 Å². The van der Waals surface area contributed by atoms with E-state index in [-0.39, 0.29) is 18.3 Å². The molecule has 0 atom stereocenters. The molecular formula is C20H22Br2N2O4. The van der Waals surface area contributed by atoms with Crippen LogP contribution in [0.2, 0.25) is 0 Å². The van der Waals surface area contributed by atoms with Gasteiger partial charge in [-0.25, -0.2) is 5.43 Å². The van der Waals surface area contributed by atoms with Crippen LogP contribution in [0.3, 0.4) is 0 Å². The van der Waals surface area contributed by atoms with Gasteiger partial charge in [0, 0.05) is 0 Å². The summed E-state index contributed by atoms with van der Waals surface area (Å²) in [5.41, 5.74) is 4.28. The predicted molar refractivity (Wildman–Crippen MR) is 116 cm³/mol. The number of benzene rings is 2. The number of hydrazone groups is 1. The van der Waals surface area contributed by atoms with Gasteiger partial charge in [-0.1, -0.05) is 19.4 Å². The molecule has 2 aromatic carbocycles. The van der Waals surface area contributed by atoms with E-state index in [0.29, 0.717) is 28.1 Å². The van der Waals surface area contributed by atoms with Crippen molar-refractivity contribution in [3.63, 3.8) is 0 Å². The molecule has 0 aliphatic heterocycles. The van der Waals surface area contributed by atoms with Crippen molar-refractivity contribution < 1.29 is 19.4 Å². The van der Waals surface area contributed by atoms with Gasteiger partial charge in [-0.15, -0.1) is 0 Å². The van der Waals surface area contributed by atoms with Crippen LogP contribution in [0, 0.1) is 0 Å². The fourth-order valence-corrected chi connectivity index (χ4v) is 3.39. The van der Waals surface area contributed by atoms with Gasteiger partial charge < -0.3 is 14.6 Å². The summed E-state index contributed by atoms with van der Waals surface area (Å²) in [7, 11) is 0. The summed E-state index contributed by atoms with van der Waals surface area (Å²) in [6.45, 7) is 4.21. The zero-order valence-electron chi connectivity index (χ0n) is 15.7. The van der Waals surface area contributed by atoms with Crippen LogP contribution in [0.4, 0.5) is 0 Å². The van der Waals surface area contributed by atoms with Gasteiger partial charge in [0.25, 0.3) is 5.91 Å². The Morgan fingerprint density at radius 1 is 1.14 bits per heavy atom. The maximum Gasteiger partial charge on any atom is 0.277 e. The molecule has 1 amide bonds. The van der Waals surface area contributed by atoms with Crippen molar-refractivity contribution in [2.75, 3.05) is 13.2 Å². The second-order valence-electron chi connectivity index (χ2n) is 5.88. The number of aryl methyl sites for hydroxylation is 1. The lowest BCUT2D eigenvalue weighted by molar-refractivity contribution is -0.123. The summed E-state index contributed by atoms with van der Waals surface area (Å²) >= 11 is 6.72. The van der Waals surface area contributed by atoms with Gasteiger partial charge in [-0.05, 0) is 80.6 Å². The molecule has 0 aromatic heterocycles. The Hall–Kier alpha value is -2.06. The molecule has 28 heavy (non-hydrogen) atoms. The van der Waals surface area contributed by atoms with Gasteiger partial charge >= 0.3 is 0 Å². The third-order valence-electron chi connectivity index (χ3n) is 3.65. The Bertz CT molecular complexity index is 856. The quantitative estimate of drug-likeness (QED) is 0.373. The lowest BCUT2D eigenvalue weighted by Gasteiger charge is -2.09. The number of halogens is 2. The number of hydrogen-bond donors (Lipinski definition) is 2. The Balaban J connectivity index is 1.90. The third-order valence-corrected chi connectivity index (χ3v) is 4.87. The number of rotatable bonds is 9. The standard InChI is InChI=1S/C20H22Br2N2O4/c1-3-5-13-6-7-17(15(21)8-13)28-12-19(25)24-23-11-14-9-16(22)20(26)18(10-14)27-4-2/h6-11,26H,3-5,12H2,1-2H3,(H,24,25)/b23-11+. The summed E-state index contributed by atoms with van der Waals surface area (Å²) in [5.74, 6) is 0.572. The minimum absolute atomic E-state index is 0.0203. The van der Waals surface area contributed by atoms with Crippen LogP contribution >= 0.6 is 31.9 Å². The van der Waals surface area contributed by atoms with E-state index in [1.165, 1.54) is 11.8 Å². The van der Waals surface area contributed by atoms with Gasteiger partial charge in [-0.2, -0.15) is 5.10 Å². The average molecular weight is 514 g/mol. The number of phenolic OH excluding ortho intramolecular Hbond substituents is 1. The summed E-state index contributed by atoms with van der Waals surface area (Å²) in [6, 6.07) is 9.12. The first-order valence-corrected chi connectivity index (χ1v) is 10.4. The highest BCUT2D eigenvalue weighted by Gasteiger charge is 2.09. The second kappa shape index (κ2) is 11.1. The summed E-state index contributed by atoms with van der Waals surface area (Å²) < 4.78 is 12.2. The Morgan fingerprint density at radius 3 is 2.61 bits per heavy atom. The van der Waals surface area contributed by atoms with Crippen LogP contribution in [0.5, 0.6) is 17.2 Å². The van der Waals surface area contributed by atoms with Gasteiger partial charge in [0.15, 0.2) is 18.1 Å². The maximum absolute atomic E-state index is 11.9. The minimum atomic E-state index is -0.385. The van der Waals surface area contributed by atoms with E-state index in [1.54, 1.807) is 12.1 Å². The summed E-state index contributed by atoms with van der Waals surface area (Å²) in [5, 5.41) is 13.8. The number of hydrogen-bond acceptors (Lipinski definition) is 5. The third kappa shape index (κ3) is 6.53. The zero-order valence-corrected chi connectivity index (χ0v) is 18.8. The fraction of sp³-hybridized carbons (Fsp3) is 0.300. The molecule has 0 saturated heterocycles. The first-order chi connectivity index (χ1) is 13.4. The van der Waals surface area contributed by atoms with Crippen molar-refractivity contribution in [1.29, 1.82) is 0 Å². The van der Waals surface area contributed by atoms with Crippen molar-refractivity contribution in [1.82, 2.24) is 5.43 Å². The highest BCUT2D eigenvalue weighted by atomic mass is 79.9. The number of carbonyl (C=O) groups is 1. The monoisotopic (exact) mass is 512 g/mol. The number of carbonyl (C=O) groups excluding carboxylic acids is 1. The SMILES string of the molecule is CCCc1ccc(OCC(=O)N/N=C/c2cc(Br)c(O)c(OCC)c2)c(Br)c1. The molecular weight excluding hydrogens is 492 g/mol. The summed E-state index contributed by atoms with van der Waals surface area (Å²) in [6.07, 6.45) is 3.52. The molecule has 2 N–H and O–H groups in total. The van der Waals surface area contributed by atoms with Crippen molar-refractivity contribution in [3.05, 3.63) is 50.4 Å². The van der Waals surface area contributed by atoms with Gasteiger partial charge in [0.05, 0.1) is 21.8 Å². The van der Waals surface area contributed by atoms with Crippen molar-refractivity contribution >= 4 is 44.0 Å². The van der Waals surface area contributed by atoms with Crippen LogP contribution in [0.1, 0.15) is 31.4 Å². The van der Waals surface area contributed by atoms with E-state index in [4.69, 9.17) is 9.47 Å². The predicted octanol–water partition coefficient (Wildman–Crippen LogP) is 4.80. The molecule has 2 rings (SSSR count). The van der Waals surface area contributed by atoms with E-state index in [9.17, 15) is 9.90 Å². The molecule has 0 saturated carbocycles. The van der Waals surface area contributed by atoms with Gasteiger partial charge in [0.1, 0.15) is 5.75 Å². The number of amides is 1. The van der Waals surface area contributed by atoms with Gasteiger partial charge in [-0.3, -0.25) is 4.79 Å². The largest absolute Gasteiger partial charge is 0.503 e. The molecule has 0 heterocycles. The number of nitrogens with zero attached hydrogens (tertiary/aromatic N) is 1. The van der Waals surface area contributed by atoms with E-state index in [0.717, 1.165) is 17.3 Å². The van der Waals surface area contributed by atoms with Crippen molar-refractivity contribution in [2.24, 2.45) is 5.10 Å². The highest BCUT2D eigenvalue weighted by Crippen LogP contribution is 2.35. The second-order valence-corrected chi connectivity index (χ2v) is 7.59. The normalized spacial score (nSPS) is 10.9. The maximum atomic E-state index is 11.9. The average Bonchev–Trinajstić information content (AvgIpc) is 2.65. The Labute approximate surface area is 181 Å². The van der Waals surface area contributed by atoms with Crippen LogP contribution in [0.25, 0.3) is 0 Å². The number of aromatic hydroxyl groups is 1. The molecule has 0 unspecified atom stereocenters. The number of phenols is 1. The molecule has 0 spiro atoms. The number of nitrogens with one attached hydrogen (secondary N) is 1. The van der Waals surface area contributed by atoms with Crippen molar-refractivity contribution in [3.8, 4) is 17.2 Å². The molecule has 0 fully saturated rings. The molecule has 8 heteroatoms. The van der Waals surface area contributed by atoms with E-state index >= 15 is 0 Å². The lowest BCUT2D eigenvalue weighted by Crippen LogP contribution is -2.24. The number of ether oxygens (including phenoxy) is 2. The first-order valence-electron chi connectivity index (χ1n) is 8.83. The summed E-state index contributed by atoms with van der Waals surface area (Å²) in [4.78, 5) is 11.9. The minimum Gasteiger partial charge on any atom is -0.503 e. The van der Waals surface area contributed by atoms with Crippen molar-refractivity contribution in [2.45, 2.75) is 26.7 Å². The molecule has 0 aliphatic carbocycles. The molecule has 0 aliphatic rings. The smallest absolute Gasteiger partial charge is 0.277 e. The molecule has 6 nitrogen and oxygen atoms in total.